The van der Waals surface area contributed by atoms with Gasteiger partial charge in [-0.1, -0.05) is 0 Å². The summed E-state index contributed by atoms with van der Waals surface area (Å²) in [5.41, 5.74) is 0. The summed E-state index contributed by atoms with van der Waals surface area (Å²) in [4.78, 5) is 13.9. The molecule has 15 heavy (non-hydrogen) atoms. The van der Waals surface area contributed by atoms with Gasteiger partial charge in [0.1, 0.15) is 0 Å². The molecule has 0 aromatic heterocycles. The molecule has 0 aromatic rings. The largest absolute Gasteiger partial charge is 0.469 e. The monoisotopic (exact) mass is 212 g/mol. The number of ether oxygens (including phenoxy) is 1. The van der Waals surface area contributed by atoms with Crippen molar-refractivity contribution in [1.82, 2.24) is 10.2 Å². The Bertz CT molecular complexity index is 227. The summed E-state index contributed by atoms with van der Waals surface area (Å²) < 4.78 is 4.82. The van der Waals surface area contributed by atoms with Gasteiger partial charge in [0.05, 0.1) is 13.0 Å². The van der Waals surface area contributed by atoms with Crippen molar-refractivity contribution in [2.45, 2.75) is 25.3 Å². The molecule has 2 fully saturated rings. The Morgan fingerprint density at radius 3 is 3.00 bits per heavy atom. The highest BCUT2D eigenvalue weighted by molar-refractivity contribution is 5.72. The number of rotatable bonds is 2. The Morgan fingerprint density at radius 2 is 2.33 bits per heavy atom. The smallest absolute Gasteiger partial charge is 0.309 e. The molecule has 0 amide bonds. The fourth-order valence-corrected chi connectivity index (χ4v) is 2.65. The van der Waals surface area contributed by atoms with Crippen LogP contribution >= 0.6 is 0 Å². The van der Waals surface area contributed by atoms with Gasteiger partial charge >= 0.3 is 5.97 Å². The summed E-state index contributed by atoms with van der Waals surface area (Å²) in [6.07, 6.45) is 3.33. The lowest BCUT2D eigenvalue weighted by atomic mass is 9.96. The number of likely N-dealkylation sites (tertiary alicyclic amines) is 1. The standard InChI is InChI=1S/C11H20N2O2/c1-15-11(14)9-3-2-6-13(8-9)10-4-5-12-7-10/h9-10,12H,2-8H2,1H3/t9-,10-/m0/s1. The van der Waals surface area contributed by atoms with E-state index in [2.05, 4.69) is 10.2 Å². The average molecular weight is 212 g/mol. The van der Waals surface area contributed by atoms with E-state index in [1.807, 2.05) is 0 Å². The third-order valence-corrected chi connectivity index (χ3v) is 3.54. The van der Waals surface area contributed by atoms with Crippen LogP contribution in [0.1, 0.15) is 19.3 Å². The van der Waals surface area contributed by atoms with Gasteiger partial charge < -0.3 is 10.1 Å². The lowest BCUT2D eigenvalue weighted by Crippen LogP contribution is -2.45. The van der Waals surface area contributed by atoms with Gasteiger partial charge in [0, 0.05) is 19.1 Å². The minimum Gasteiger partial charge on any atom is -0.469 e. The molecule has 2 aliphatic heterocycles. The van der Waals surface area contributed by atoms with Crippen LogP contribution < -0.4 is 5.32 Å². The second kappa shape index (κ2) is 4.94. The van der Waals surface area contributed by atoms with E-state index in [0.29, 0.717) is 6.04 Å². The Hall–Kier alpha value is -0.610. The number of hydrogen-bond acceptors (Lipinski definition) is 4. The molecule has 2 heterocycles. The first-order chi connectivity index (χ1) is 7.31. The van der Waals surface area contributed by atoms with Crippen molar-refractivity contribution >= 4 is 5.97 Å². The molecule has 0 bridgehead atoms. The first kappa shape index (κ1) is 10.9. The number of nitrogens with one attached hydrogen (secondary N) is 1. The molecule has 0 saturated carbocycles. The molecule has 0 aliphatic carbocycles. The Labute approximate surface area is 91.0 Å². The van der Waals surface area contributed by atoms with Crippen LogP contribution in [0.2, 0.25) is 0 Å². The molecule has 86 valence electrons. The van der Waals surface area contributed by atoms with Crippen molar-refractivity contribution in [3.8, 4) is 0 Å². The molecule has 0 aromatic carbocycles. The molecule has 2 saturated heterocycles. The Balaban J connectivity index is 1.88. The minimum absolute atomic E-state index is 0.0364. The van der Waals surface area contributed by atoms with Gasteiger partial charge in [-0.25, -0.2) is 0 Å². The maximum absolute atomic E-state index is 11.5. The molecule has 2 aliphatic rings. The van der Waals surface area contributed by atoms with Crippen LogP contribution in [-0.4, -0.2) is 50.2 Å². The Morgan fingerprint density at radius 1 is 1.47 bits per heavy atom. The van der Waals surface area contributed by atoms with Crippen LogP contribution in [0, 0.1) is 5.92 Å². The molecular weight excluding hydrogens is 192 g/mol. The van der Waals surface area contributed by atoms with Gasteiger partial charge in [-0.2, -0.15) is 0 Å². The number of methoxy groups -OCH3 is 1. The SMILES string of the molecule is COC(=O)[C@H]1CCCN([C@H]2CCNC2)C1. The second-order valence-corrected chi connectivity index (χ2v) is 4.50. The molecule has 0 radical (unpaired) electrons. The lowest BCUT2D eigenvalue weighted by Gasteiger charge is -2.35. The van der Waals surface area contributed by atoms with Crippen molar-refractivity contribution in [2.75, 3.05) is 33.3 Å². The van der Waals surface area contributed by atoms with Crippen LogP contribution in [0.15, 0.2) is 0 Å². The van der Waals surface area contributed by atoms with E-state index in [9.17, 15) is 4.79 Å². The van der Waals surface area contributed by atoms with Crippen LogP contribution in [0.25, 0.3) is 0 Å². The Kier molecular flexibility index (Phi) is 3.59. The fourth-order valence-electron chi connectivity index (χ4n) is 2.65. The minimum atomic E-state index is -0.0364. The molecule has 1 N–H and O–H groups in total. The normalized spacial score (nSPS) is 32.9. The van der Waals surface area contributed by atoms with E-state index in [1.165, 1.54) is 13.5 Å². The molecule has 0 unspecified atom stereocenters. The predicted octanol–water partition coefficient (Wildman–Crippen LogP) is 0.233. The predicted molar refractivity (Wildman–Crippen MR) is 57.6 cm³/mol. The van der Waals surface area contributed by atoms with Crippen LogP contribution in [-0.2, 0) is 9.53 Å². The maximum atomic E-state index is 11.5. The van der Waals surface area contributed by atoms with Gasteiger partial charge in [0.2, 0.25) is 0 Å². The zero-order valence-corrected chi connectivity index (χ0v) is 9.37. The number of piperidine rings is 1. The summed E-state index contributed by atoms with van der Waals surface area (Å²) in [6, 6.07) is 0.637. The molecule has 0 spiro atoms. The van der Waals surface area contributed by atoms with Crippen molar-refractivity contribution in [3.63, 3.8) is 0 Å². The highest BCUT2D eigenvalue weighted by Crippen LogP contribution is 2.21. The highest BCUT2D eigenvalue weighted by Gasteiger charge is 2.31. The van der Waals surface area contributed by atoms with Gasteiger partial charge in [0.15, 0.2) is 0 Å². The van der Waals surface area contributed by atoms with Crippen molar-refractivity contribution in [3.05, 3.63) is 0 Å². The molecule has 4 nitrogen and oxygen atoms in total. The van der Waals surface area contributed by atoms with E-state index < -0.39 is 0 Å². The van der Waals surface area contributed by atoms with Crippen molar-refractivity contribution in [2.24, 2.45) is 5.92 Å². The first-order valence-corrected chi connectivity index (χ1v) is 5.84. The zero-order valence-electron chi connectivity index (χ0n) is 9.37. The van der Waals surface area contributed by atoms with E-state index in [0.717, 1.165) is 39.0 Å². The highest BCUT2D eigenvalue weighted by atomic mass is 16.5. The number of carbonyl (C=O) groups excluding carboxylic acids is 1. The average Bonchev–Trinajstić information content (AvgIpc) is 2.82. The van der Waals surface area contributed by atoms with Gasteiger partial charge in [-0.3, -0.25) is 9.69 Å². The van der Waals surface area contributed by atoms with Gasteiger partial charge in [-0.15, -0.1) is 0 Å². The zero-order chi connectivity index (χ0) is 10.7. The fraction of sp³-hybridized carbons (Fsp3) is 0.909. The third-order valence-electron chi connectivity index (χ3n) is 3.54. The quantitative estimate of drug-likeness (QED) is 0.665. The topological polar surface area (TPSA) is 41.6 Å². The second-order valence-electron chi connectivity index (χ2n) is 4.50. The summed E-state index contributed by atoms with van der Waals surface area (Å²) in [6.45, 7) is 4.22. The molecule has 2 atom stereocenters. The number of esters is 1. The van der Waals surface area contributed by atoms with Gasteiger partial charge in [-0.05, 0) is 32.4 Å². The summed E-state index contributed by atoms with van der Waals surface area (Å²) in [7, 11) is 1.48. The first-order valence-electron chi connectivity index (χ1n) is 5.84. The third kappa shape index (κ3) is 2.49. The molecular formula is C11H20N2O2. The van der Waals surface area contributed by atoms with E-state index >= 15 is 0 Å². The van der Waals surface area contributed by atoms with Gasteiger partial charge in [0.25, 0.3) is 0 Å². The summed E-state index contributed by atoms with van der Waals surface area (Å²) >= 11 is 0. The number of hydrogen-bond donors (Lipinski definition) is 1. The maximum Gasteiger partial charge on any atom is 0.309 e. The van der Waals surface area contributed by atoms with Crippen molar-refractivity contribution < 1.29 is 9.53 Å². The molecule has 4 heteroatoms. The number of carbonyl (C=O) groups is 1. The van der Waals surface area contributed by atoms with Crippen LogP contribution in [0.3, 0.4) is 0 Å². The summed E-state index contributed by atoms with van der Waals surface area (Å²) in [5, 5.41) is 3.37. The number of nitrogens with zero attached hydrogens (tertiary/aromatic N) is 1. The van der Waals surface area contributed by atoms with E-state index in [4.69, 9.17) is 4.74 Å². The van der Waals surface area contributed by atoms with Crippen LogP contribution in [0.5, 0.6) is 0 Å². The van der Waals surface area contributed by atoms with Crippen LogP contribution in [0.4, 0.5) is 0 Å². The van der Waals surface area contributed by atoms with Crippen molar-refractivity contribution in [1.29, 1.82) is 0 Å². The lowest BCUT2D eigenvalue weighted by molar-refractivity contribution is -0.147. The van der Waals surface area contributed by atoms with E-state index in [1.54, 1.807) is 0 Å². The molecule has 2 rings (SSSR count). The summed E-state index contributed by atoms with van der Waals surface area (Å²) in [5.74, 6) is 0.0648. The van der Waals surface area contributed by atoms with E-state index in [-0.39, 0.29) is 11.9 Å².